The fourth-order valence-corrected chi connectivity index (χ4v) is 10.6. The second kappa shape index (κ2) is 12.8. The third-order valence-electron chi connectivity index (χ3n) is 10.9. The molecule has 0 aromatic rings. The van der Waals surface area contributed by atoms with E-state index in [2.05, 4.69) is 6.58 Å². The van der Waals surface area contributed by atoms with Gasteiger partial charge in [-0.15, -0.1) is 0 Å². The average molecular weight is 669 g/mol. The minimum Gasteiger partial charge on any atom is -0.462 e. The van der Waals surface area contributed by atoms with E-state index in [4.69, 9.17) is 23.1 Å². The molecule has 0 aromatic heterocycles. The third kappa shape index (κ3) is 7.31. The van der Waals surface area contributed by atoms with E-state index in [1.54, 1.807) is 20.8 Å². The molecule has 0 amide bonds. The first-order valence-corrected chi connectivity index (χ1v) is 18.0. The van der Waals surface area contributed by atoms with Crippen molar-refractivity contribution in [2.75, 3.05) is 13.2 Å². The minimum atomic E-state index is -3.56. The van der Waals surface area contributed by atoms with Gasteiger partial charge in [-0.3, -0.25) is 18.6 Å². The molecule has 7 fully saturated rings. The van der Waals surface area contributed by atoms with Gasteiger partial charge in [0.2, 0.25) is 0 Å². The van der Waals surface area contributed by atoms with Gasteiger partial charge in [0.25, 0.3) is 10.1 Å². The van der Waals surface area contributed by atoms with Crippen LogP contribution in [0.5, 0.6) is 0 Å². The number of ether oxygens (including phenoxy) is 4. The highest BCUT2D eigenvalue weighted by atomic mass is 32.2. The standard InChI is InChI=1S/C19H28O9S.C14H20O3/c1-4-19(2,3)18(22)26-8-7-25-14(20)5-6-15(21)27-16-11-9-12-13(10-11)29(23,24)28-17(12)16;1-9(2)12(15)17-14-6-10-3-11(7-14)5-13(16,4-10)8-14/h11-13,16-17H,4-10H2,1-3H3;10-11,16H,1,3-8H2,2H3. The summed E-state index contributed by atoms with van der Waals surface area (Å²) in [5.74, 6) is -0.864. The van der Waals surface area contributed by atoms with Crippen LogP contribution in [0.15, 0.2) is 12.2 Å². The van der Waals surface area contributed by atoms with Gasteiger partial charge in [0.15, 0.2) is 0 Å². The van der Waals surface area contributed by atoms with E-state index in [0.717, 1.165) is 25.7 Å². The third-order valence-corrected chi connectivity index (χ3v) is 12.6. The van der Waals surface area contributed by atoms with Gasteiger partial charge in [-0.2, -0.15) is 8.42 Å². The lowest BCUT2D eigenvalue weighted by Crippen LogP contribution is -2.60. The number of hydrogen-bond donors (Lipinski definition) is 1. The highest BCUT2D eigenvalue weighted by Crippen LogP contribution is 2.59. The van der Waals surface area contributed by atoms with Crippen LogP contribution >= 0.6 is 0 Å². The number of fused-ring (bicyclic) bond motifs is 1. The minimum absolute atomic E-state index is 0.00904. The van der Waals surface area contributed by atoms with Crippen molar-refractivity contribution in [1.29, 1.82) is 0 Å². The Balaban J connectivity index is 0.000000207. The Bertz CT molecular complexity index is 1340. The number of carbonyl (C=O) groups is 4. The van der Waals surface area contributed by atoms with Crippen LogP contribution in [-0.2, 0) is 52.4 Å². The molecule has 258 valence electrons. The van der Waals surface area contributed by atoms with Gasteiger partial charge in [-0.1, -0.05) is 13.5 Å². The summed E-state index contributed by atoms with van der Waals surface area (Å²) in [4.78, 5) is 47.3. The first kappa shape index (κ1) is 34.8. The van der Waals surface area contributed by atoms with E-state index in [-0.39, 0.29) is 49.8 Å². The molecule has 6 bridgehead atoms. The van der Waals surface area contributed by atoms with Crippen LogP contribution in [0.25, 0.3) is 0 Å². The molecule has 46 heavy (non-hydrogen) atoms. The molecular formula is C33H48O12S. The predicted octanol–water partition coefficient (Wildman–Crippen LogP) is 3.53. The molecule has 7 unspecified atom stereocenters. The van der Waals surface area contributed by atoms with Gasteiger partial charge in [0, 0.05) is 23.8 Å². The highest BCUT2D eigenvalue weighted by Gasteiger charge is 2.65. The van der Waals surface area contributed by atoms with Crippen molar-refractivity contribution in [2.24, 2.45) is 29.1 Å². The molecule has 0 radical (unpaired) electrons. The molecule has 0 spiro atoms. The van der Waals surface area contributed by atoms with Crippen molar-refractivity contribution < 1.29 is 55.8 Å². The molecule has 7 rings (SSSR count). The van der Waals surface area contributed by atoms with Crippen LogP contribution in [0, 0.1) is 29.1 Å². The Hall–Kier alpha value is -2.51. The van der Waals surface area contributed by atoms with Gasteiger partial charge in [0.05, 0.1) is 29.1 Å². The van der Waals surface area contributed by atoms with Crippen LogP contribution in [-0.4, -0.2) is 79.3 Å². The summed E-state index contributed by atoms with van der Waals surface area (Å²) in [6.07, 6.45) is 5.77. The molecule has 7 aliphatic rings. The van der Waals surface area contributed by atoms with Crippen molar-refractivity contribution in [3.05, 3.63) is 12.2 Å². The van der Waals surface area contributed by atoms with E-state index in [0.29, 0.717) is 43.1 Å². The zero-order chi connectivity index (χ0) is 33.7. The first-order valence-electron chi connectivity index (χ1n) is 16.5. The Morgan fingerprint density at radius 3 is 2.20 bits per heavy atom. The quantitative estimate of drug-likeness (QED) is 0.112. The van der Waals surface area contributed by atoms with Gasteiger partial charge >= 0.3 is 23.9 Å². The summed E-state index contributed by atoms with van der Waals surface area (Å²) in [6, 6.07) is 0. The summed E-state index contributed by atoms with van der Waals surface area (Å²) in [6.45, 7) is 10.6. The van der Waals surface area contributed by atoms with Crippen LogP contribution in [0.1, 0.15) is 98.3 Å². The van der Waals surface area contributed by atoms with E-state index in [1.165, 1.54) is 6.42 Å². The number of carbonyl (C=O) groups excluding carboxylic acids is 4. The molecule has 12 nitrogen and oxygen atoms in total. The number of rotatable bonds is 11. The summed E-state index contributed by atoms with van der Waals surface area (Å²) >= 11 is 0. The zero-order valence-corrected chi connectivity index (χ0v) is 28.1. The normalized spacial score (nSPS) is 37.2. The lowest BCUT2D eigenvalue weighted by atomic mass is 9.52. The van der Waals surface area contributed by atoms with E-state index >= 15 is 0 Å². The predicted molar refractivity (Wildman–Crippen MR) is 162 cm³/mol. The van der Waals surface area contributed by atoms with E-state index < -0.39 is 56.1 Å². The van der Waals surface area contributed by atoms with Crippen LogP contribution in [0.3, 0.4) is 0 Å². The number of hydrogen-bond acceptors (Lipinski definition) is 12. The maximum absolute atomic E-state index is 12.1. The van der Waals surface area contributed by atoms with E-state index in [1.807, 2.05) is 6.92 Å². The Labute approximate surface area is 271 Å². The lowest BCUT2D eigenvalue weighted by molar-refractivity contribution is -0.217. The Morgan fingerprint density at radius 1 is 0.957 bits per heavy atom. The maximum Gasteiger partial charge on any atom is 0.333 e. The average Bonchev–Trinajstić information content (AvgIpc) is 3.57. The molecule has 1 N–H and O–H groups in total. The second-order valence-electron chi connectivity index (χ2n) is 15.1. The topological polar surface area (TPSA) is 169 Å². The van der Waals surface area contributed by atoms with E-state index in [9.17, 15) is 32.7 Å². The summed E-state index contributed by atoms with van der Waals surface area (Å²) < 4.78 is 50.1. The molecule has 13 heteroatoms. The monoisotopic (exact) mass is 668 g/mol. The Kier molecular flexibility index (Phi) is 9.71. The highest BCUT2D eigenvalue weighted by molar-refractivity contribution is 7.87. The Morgan fingerprint density at radius 2 is 1.59 bits per heavy atom. The van der Waals surface area contributed by atoms with Gasteiger partial charge in [-0.05, 0) is 84.0 Å². The second-order valence-corrected chi connectivity index (χ2v) is 16.9. The fourth-order valence-electron chi connectivity index (χ4n) is 8.69. The van der Waals surface area contributed by atoms with Crippen molar-refractivity contribution in [2.45, 2.75) is 127 Å². The van der Waals surface area contributed by atoms with Gasteiger partial charge < -0.3 is 24.1 Å². The molecule has 6 saturated carbocycles. The molecule has 0 aromatic carbocycles. The fraction of sp³-hybridized carbons (Fsp3) is 0.818. The summed E-state index contributed by atoms with van der Waals surface area (Å²) in [7, 11) is -3.56. The molecule has 6 aliphatic carbocycles. The van der Waals surface area contributed by atoms with Crippen molar-refractivity contribution >= 4 is 34.0 Å². The summed E-state index contributed by atoms with van der Waals surface area (Å²) in [5.41, 5.74) is -1.10. The molecule has 1 heterocycles. The van der Waals surface area contributed by atoms with Gasteiger partial charge in [0.1, 0.15) is 31.0 Å². The largest absolute Gasteiger partial charge is 0.462 e. The lowest BCUT2D eigenvalue weighted by Gasteiger charge is -2.59. The molecule has 1 saturated heterocycles. The van der Waals surface area contributed by atoms with Gasteiger partial charge in [-0.25, -0.2) is 4.79 Å². The van der Waals surface area contributed by atoms with Crippen LogP contribution in [0.2, 0.25) is 0 Å². The smallest absolute Gasteiger partial charge is 0.333 e. The maximum atomic E-state index is 12.1. The summed E-state index contributed by atoms with van der Waals surface area (Å²) in [5, 5.41) is 10.0. The van der Waals surface area contributed by atoms with Crippen molar-refractivity contribution in [1.82, 2.24) is 0 Å². The number of esters is 4. The van der Waals surface area contributed by atoms with Crippen molar-refractivity contribution in [3.8, 4) is 0 Å². The van der Waals surface area contributed by atoms with Crippen LogP contribution < -0.4 is 0 Å². The molecular weight excluding hydrogens is 620 g/mol. The zero-order valence-electron chi connectivity index (χ0n) is 27.3. The van der Waals surface area contributed by atoms with Crippen molar-refractivity contribution in [3.63, 3.8) is 0 Å². The number of aliphatic hydroxyl groups is 1. The van der Waals surface area contributed by atoms with Crippen LogP contribution in [0.4, 0.5) is 0 Å². The molecule has 7 atom stereocenters. The molecule has 1 aliphatic heterocycles. The first-order chi connectivity index (χ1) is 21.4. The SMILES string of the molecule is C=C(C)C(=O)OC12CC3CC(CC(O)(C3)C1)C2.CCC(C)(C)C(=O)OCCOC(=O)CCC(=O)OC1C2CC3C1OS(=O)(=O)C3C2.